The Bertz CT molecular complexity index is 614. The average molecular weight is 328 g/mol. The van der Waals surface area contributed by atoms with Gasteiger partial charge in [-0.05, 0) is 43.7 Å². The molecular weight excluding hydrogens is 304 g/mol. The van der Waals surface area contributed by atoms with Gasteiger partial charge >= 0.3 is 0 Å². The summed E-state index contributed by atoms with van der Waals surface area (Å²) in [5, 5.41) is 3.07. The van der Waals surface area contributed by atoms with Crippen LogP contribution < -0.4 is 5.32 Å². The van der Waals surface area contributed by atoms with Gasteiger partial charge in [-0.2, -0.15) is 0 Å². The number of carbonyl (C=O) groups is 2. The first-order valence-electron chi connectivity index (χ1n) is 8.97. The quantitative estimate of drug-likeness (QED) is 0.917. The molecule has 2 saturated carbocycles. The van der Waals surface area contributed by atoms with Crippen LogP contribution in [0.25, 0.3) is 0 Å². The summed E-state index contributed by atoms with van der Waals surface area (Å²) in [6.07, 6.45) is 3.89. The van der Waals surface area contributed by atoms with Gasteiger partial charge in [0.05, 0.1) is 18.8 Å². The van der Waals surface area contributed by atoms with Crippen LogP contribution in [0.15, 0.2) is 30.3 Å². The molecule has 1 heterocycles. The molecule has 1 aliphatic heterocycles. The van der Waals surface area contributed by atoms with Gasteiger partial charge in [-0.25, -0.2) is 0 Å². The molecule has 0 bridgehead atoms. The first kappa shape index (κ1) is 15.6. The average Bonchev–Trinajstić information content (AvgIpc) is 3.35. The van der Waals surface area contributed by atoms with Crippen molar-refractivity contribution in [2.24, 2.45) is 11.8 Å². The lowest BCUT2D eigenvalue weighted by molar-refractivity contribution is -0.125. The van der Waals surface area contributed by atoms with Crippen molar-refractivity contribution in [2.75, 3.05) is 19.7 Å². The highest BCUT2D eigenvalue weighted by molar-refractivity contribution is 5.94. The Kier molecular flexibility index (Phi) is 4.27. The van der Waals surface area contributed by atoms with E-state index in [1.165, 1.54) is 12.8 Å². The van der Waals surface area contributed by atoms with Crippen LogP contribution >= 0.6 is 0 Å². The topological polar surface area (TPSA) is 58.6 Å². The van der Waals surface area contributed by atoms with E-state index in [0.717, 1.165) is 13.0 Å². The minimum absolute atomic E-state index is 0.0110. The number of nitrogens with one attached hydrogen (secondary N) is 1. The van der Waals surface area contributed by atoms with Crippen molar-refractivity contribution < 1.29 is 14.3 Å². The van der Waals surface area contributed by atoms with Crippen LogP contribution in [0.4, 0.5) is 0 Å². The Morgan fingerprint density at radius 3 is 2.71 bits per heavy atom. The first-order chi connectivity index (χ1) is 11.7. The molecule has 1 saturated heterocycles. The summed E-state index contributed by atoms with van der Waals surface area (Å²) < 4.78 is 5.86. The highest BCUT2D eigenvalue weighted by Gasteiger charge is 2.45. The maximum absolute atomic E-state index is 12.8. The van der Waals surface area contributed by atoms with Gasteiger partial charge in [-0.3, -0.25) is 9.59 Å². The number of morpholine rings is 1. The third-order valence-electron chi connectivity index (χ3n) is 5.45. The smallest absolute Gasteiger partial charge is 0.254 e. The van der Waals surface area contributed by atoms with E-state index in [1.54, 1.807) is 0 Å². The molecule has 128 valence electrons. The van der Waals surface area contributed by atoms with Gasteiger partial charge < -0.3 is 15.0 Å². The fraction of sp³-hybridized carbons (Fsp3) is 0.579. The van der Waals surface area contributed by atoms with Crippen LogP contribution in [0.5, 0.6) is 0 Å². The highest BCUT2D eigenvalue weighted by atomic mass is 16.5. The molecule has 4 rings (SSSR count). The number of fused-ring (bicyclic) bond motifs is 1. The monoisotopic (exact) mass is 328 g/mol. The van der Waals surface area contributed by atoms with E-state index in [-0.39, 0.29) is 29.9 Å². The molecule has 0 aromatic heterocycles. The Morgan fingerprint density at radius 1 is 1.17 bits per heavy atom. The fourth-order valence-corrected chi connectivity index (χ4v) is 3.88. The van der Waals surface area contributed by atoms with Crippen LogP contribution in [0.2, 0.25) is 0 Å². The molecule has 0 spiro atoms. The Balaban J connectivity index is 1.42. The second-order valence-corrected chi connectivity index (χ2v) is 7.20. The summed E-state index contributed by atoms with van der Waals surface area (Å²) in [5.41, 5.74) is 0.708. The molecule has 1 aromatic carbocycles. The third kappa shape index (κ3) is 3.18. The predicted octanol–water partition coefficient (Wildman–Crippen LogP) is 1.83. The van der Waals surface area contributed by atoms with Crippen molar-refractivity contribution in [3.05, 3.63) is 35.9 Å². The molecule has 0 radical (unpaired) electrons. The van der Waals surface area contributed by atoms with Crippen molar-refractivity contribution in [3.63, 3.8) is 0 Å². The van der Waals surface area contributed by atoms with Crippen LogP contribution in [0, 0.1) is 11.8 Å². The lowest BCUT2D eigenvalue weighted by Gasteiger charge is -2.37. The molecule has 0 unspecified atom stereocenters. The van der Waals surface area contributed by atoms with E-state index in [2.05, 4.69) is 5.32 Å². The van der Waals surface area contributed by atoms with Crippen molar-refractivity contribution in [1.82, 2.24) is 10.2 Å². The van der Waals surface area contributed by atoms with Gasteiger partial charge in [0.25, 0.3) is 5.91 Å². The number of ether oxygens (including phenoxy) is 1. The van der Waals surface area contributed by atoms with Gasteiger partial charge in [0.2, 0.25) is 5.91 Å². The summed E-state index contributed by atoms with van der Waals surface area (Å²) in [7, 11) is 0. The van der Waals surface area contributed by atoms with E-state index in [9.17, 15) is 9.59 Å². The summed E-state index contributed by atoms with van der Waals surface area (Å²) in [6, 6.07) is 9.39. The second kappa shape index (κ2) is 6.55. The Morgan fingerprint density at radius 2 is 1.96 bits per heavy atom. The van der Waals surface area contributed by atoms with Crippen molar-refractivity contribution in [3.8, 4) is 0 Å². The van der Waals surface area contributed by atoms with E-state index >= 15 is 0 Å². The Labute approximate surface area is 142 Å². The molecule has 3 aliphatic rings. The molecular formula is C19H24N2O3. The van der Waals surface area contributed by atoms with E-state index in [4.69, 9.17) is 4.74 Å². The lowest BCUT2D eigenvalue weighted by Crippen LogP contribution is -2.51. The number of hydrogen-bond acceptors (Lipinski definition) is 3. The zero-order valence-corrected chi connectivity index (χ0v) is 13.8. The van der Waals surface area contributed by atoms with Gasteiger partial charge in [0, 0.05) is 24.6 Å². The molecule has 3 fully saturated rings. The maximum Gasteiger partial charge on any atom is 0.254 e. The van der Waals surface area contributed by atoms with Gasteiger partial charge in [-0.1, -0.05) is 18.2 Å². The summed E-state index contributed by atoms with van der Waals surface area (Å²) in [5.74, 6) is 0.827. The molecule has 1 N–H and O–H groups in total. The number of nitrogens with zero attached hydrogens (tertiary/aromatic N) is 1. The van der Waals surface area contributed by atoms with Crippen LogP contribution in [0.3, 0.4) is 0 Å². The standard InChI is InChI=1S/C19H24N2O3/c22-18(20-12-13-6-7-13)15-10-16-17(11-15)24-9-8-21(16)19(23)14-4-2-1-3-5-14/h1-5,13,15-17H,6-12H2,(H,20,22)/t15-,16+,17+/m1/s1. The zero-order chi connectivity index (χ0) is 16.5. The van der Waals surface area contributed by atoms with Gasteiger partial charge in [0.1, 0.15) is 0 Å². The largest absolute Gasteiger partial charge is 0.374 e. The number of amides is 2. The maximum atomic E-state index is 12.8. The number of rotatable bonds is 4. The van der Waals surface area contributed by atoms with Gasteiger partial charge in [0.15, 0.2) is 0 Å². The van der Waals surface area contributed by atoms with Crippen LogP contribution in [0.1, 0.15) is 36.0 Å². The van der Waals surface area contributed by atoms with Crippen molar-refractivity contribution in [1.29, 1.82) is 0 Å². The van der Waals surface area contributed by atoms with Crippen LogP contribution in [-0.4, -0.2) is 48.6 Å². The lowest BCUT2D eigenvalue weighted by atomic mass is 10.1. The van der Waals surface area contributed by atoms with E-state index in [1.807, 2.05) is 35.2 Å². The van der Waals surface area contributed by atoms with Crippen molar-refractivity contribution in [2.45, 2.75) is 37.8 Å². The van der Waals surface area contributed by atoms with E-state index in [0.29, 0.717) is 31.1 Å². The minimum Gasteiger partial charge on any atom is -0.374 e. The SMILES string of the molecule is O=C(NCC1CC1)[C@H]1C[C@@H]2OCCN(C(=O)c3ccccc3)[C@H]2C1. The van der Waals surface area contributed by atoms with Gasteiger partial charge in [-0.15, -0.1) is 0 Å². The molecule has 5 heteroatoms. The normalized spacial score (nSPS) is 29.2. The third-order valence-corrected chi connectivity index (χ3v) is 5.45. The molecule has 2 aliphatic carbocycles. The molecule has 2 amide bonds. The van der Waals surface area contributed by atoms with Crippen molar-refractivity contribution >= 4 is 11.8 Å². The fourth-order valence-electron chi connectivity index (χ4n) is 3.88. The second-order valence-electron chi connectivity index (χ2n) is 7.20. The number of benzene rings is 1. The summed E-state index contributed by atoms with van der Waals surface area (Å²) in [4.78, 5) is 27.1. The first-order valence-corrected chi connectivity index (χ1v) is 8.97. The minimum atomic E-state index is -0.0390. The zero-order valence-electron chi connectivity index (χ0n) is 13.8. The van der Waals surface area contributed by atoms with E-state index < -0.39 is 0 Å². The molecule has 24 heavy (non-hydrogen) atoms. The summed E-state index contributed by atoms with van der Waals surface area (Å²) >= 11 is 0. The molecule has 5 nitrogen and oxygen atoms in total. The predicted molar refractivity (Wildman–Crippen MR) is 89.5 cm³/mol. The molecule has 1 aromatic rings. The number of carbonyl (C=O) groups excluding carboxylic acids is 2. The Hall–Kier alpha value is -1.88. The highest BCUT2D eigenvalue weighted by Crippen LogP contribution is 2.35. The number of hydrogen-bond donors (Lipinski definition) is 1. The van der Waals surface area contributed by atoms with Crippen LogP contribution in [-0.2, 0) is 9.53 Å². The molecule has 3 atom stereocenters. The summed E-state index contributed by atoms with van der Waals surface area (Å²) in [6.45, 7) is 1.96.